The van der Waals surface area contributed by atoms with Gasteiger partial charge in [-0.1, -0.05) is 26.0 Å². The standard InChI is InChI=1S/C22H26N2O/c1-13-8-9-16-17-7-6-10-23-20(17)25-19(16)18(13)24-15(3)22(5)12-21(24,4)11-14(22)2/h6-10,14-15H,11-12H2,1-5H3. The minimum Gasteiger partial charge on any atom is -0.436 e. The van der Waals surface area contributed by atoms with Crippen LogP contribution in [-0.4, -0.2) is 16.6 Å². The molecule has 1 aromatic carbocycles. The molecule has 3 nitrogen and oxygen atoms in total. The van der Waals surface area contributed by atoms with E-state index in [0.29, 0.717) is 11.5 Å². The molecule has 5 rings (SSSR count). The first-order valence-electron chi connectivity index (χ1n) is 9.41. The zero-order valence-electron chi connectivity index (χ0n) is 15.8. The number of aryl methyl sites for hydroxylation is 1. The predicted octanol–water partition coefficient (Wildman–Crippen LogP) is 5.69. The molecule has 2 bridgehead atoms. The van der Waals surface area contributed by atoms with Gasteiger partial charge in [-0.05, 0) is 62.6 Å². The molecule has 0 radical (unpaired) electrons. The number of benzene rings is 1. The van der Waals surface area contributed by atoms with Crippen molar-refractivity contribution >= 4 is 27.8 Å². The number of aromatic nitrogens is 1. The summed E-state index contributed by atoms with van der Waals surface area (Å²) in [6.07, 6.45) is 4.32. The Morgan fingerprint density at radius 1 is 1.16 bits per heavy atom. The van der Waals surface area contributed by atoms with Crippen LogP contribution >= 0.6 is 0 Å². The minimum atomic E-state index is 0.207. The van der Waals surface area contributed by atoms with Gasteiger partial charge in [0, 0.05) is 28.6 Å². The van der Waals surface area contributed by atoms with Crippen LogP contribution < -0.4 is 4.90 Å². The van der Waals surface area contributed by atoms with Crippen LogP contribution in [0.2, 0.25) is 0 Å². The fourth-order valence-corrected chi connectivity index (χ4v) is 5.99. The first-order valence-corrected chi connectivity index (χ1v) is 9.41. The molecule has 2 fully saturated rings. The molecule has 2 aromatic heterocycles. The Morgan fingerprint density at radius 2 is 1.96 bits per heavy atom. The molecule has 1 saturated carbocycles. The average Bonchev–Trinajstić information content (AvgIpc) is 3.11. The van der Waals surface area contributed by atoms with E-state index in [1.165, 1.54) is 29.5 Å². The molecule has 3 aromatic rings. The van der Waals surface area contributed by atoms with Crippen molar-refractivity contribution < 1.29 is 4.42 Å². The van der Waals surface area contributed by atoms with Crippen molar-refractivity contribution in [3.63, 3.8) is 0 Å². The number of fused-ring (bicyclic) bond motifs is 5. The highest BCUT2D eigenvalue weighted by molar-refractivity contribution is 6.08. The topological polar surface area (TPSA) is 29.3 Å². The maximum Gasteiger partial charge on any atom is 0.227 e. The predicted molar refractivity (Wildman–Crippen MR) is 103 cm³/mol. The van der Waals surface area contributed by atoms with Gasteiger partial charge in [-0.25, -0.2) is 4.98 Å². The van der Waals surface area contributed by atoms with Crippen LogP contribution in [0, 0.1) is 18.3 Å². The first-order chi connectivity index (χ1) is 11.8. The molecule has 0 spiro atoms. The van der Waals surface area contributed by atoms with E-state index >= 15 is 0 Å². The summed E-state index contributed by atoms with van der Waals surface area (Å²) in [5, 5.41) is 2.29. The van der Waals surface area contributed by atoms with Gasteiger partial charge >= 0.3 is 0 Å². The maximum atomic E-state index is 6.28. The van der Waals surface area contributed by atoms with Crippen LogP contribution in [0.3, 0.4) is 0 Å². The van der Waals surface area contributed by atoms with Crippen LogP contribution in [0.25, 0.3) is 22.1 Å². The van der Waals surface area contributed by atoms with E-state index in [4.69, 9.17) is 4.42 Å². The van der Waals surface area contributed by atoms with E-state index in [2.05, 4.69) is 62.7 Å². The number of pyridine rings is 1. The van der Waals surface area contributed by atoms with Crippen molar-refractivity contribution in [2.24, 2.45) is 11.3 Å². The van der Waals surface area contributed by atoms with Crippen molar-refractivity contribution in [3.05, 3.63) is 36.0 Å². The highest BCUT2D eigenvalue weighted by Crippen LogP contribution is 2.62. The summed E-state index contributed by atoms with van der Waals surface area (Å²) in [5.41, 5.74) is 4.90. The zero-order chi connectivity index (χ0) is 17.6. The Hall–Kier alpha value is -2.03. The maximum absolute atomic E-state index is 6.28. The van der Waals surface area contributed by atoms with Gasteiger partial charge in [0.15, 0.2) is 5.58 Å². The Kier molecular flexibility index (Phi) is 2.79. The van der Waals surface area contributed by atoms with Crippen molar-refractivity contribution in [1.29, 1.82) is 0 Å². The van der Waals surface area contributed by atoms with Crippen molar-refractivity contribution in [1.82, 2.24) is 4.98 Å². The molecular formula is C22H26N2O. The van der Waals surface area contributed by atoms with Crippen molar-refractivity contribution in [2.45, 2.75) is 59.0 Å². The van der Waals surface area contributed by atoms with Crippen LogP contribution in [0.5, 0.6) is 0 Å². The average molecular weight is 334 g/mol. The lowest BCUT2D eigenvalue weighted by Gasteiger charge is -2.47. The molecule has 4 unspecified atom stereocenters. The van der Waals surface area contributed by atoms with Crippen LogP contribution in [0.15, 0.2) is 34.9 Å². The number of hydrogen-bond acceptors (Lipinski definition) is 3. The van der Waals surface area contributed by atoms with Gasteiger partial charge in [-0.2, -0.15) is 0 Å². The van der Waals surface area contributed by atoms with Crippen molar-refractivity contribution in [3.8, 4) is 0 Å². The van der Waals surface area contributed by atoms with E-state index in [1.807, 2.05) is 12.3 Å². The zero-order valence-corrected chi connectivity index (χ0v) is 15.8. The third-order valence-electron chi connectivity index (χ3n) is 7.39. The van der Waals surface area contributed by atoms with E-state index in [-0.39, 0.29) is 5.54 Å². The third kappa shape index (κ3) is 1.74. The number of anilines is 1. The highest BCUT2D eigenvalue weighted by atomic mass is 16.3. The fraction of sp³-hybridized carbons (Fsp3) is 0.500. The molecule has 3 heteroatoms. The summed E-state index contributed by atoms with van der Waals surface area (Å²) in [6.45, 7) is 12.0. The number of piperidine rings is 1. The van der Waals surface area contributed by atoms with Gasteiger partial charge in [0.1, 0.15) is 0 Å². The normalized spacial score (nSPS) is 34.5. The lowest BCUT2D eigenvalue weighted by molar-refractivity contribution is 0.200. The Morgan fingerprint density at radius 3 is 2.68 bits per heavy atom. The summed E-state index contributed by atoms with van der Waals surface area (Å²) >= 11 is 0. The van der Waals surface area contributed by atoms with Crippen LogP contribution in [0.1, 0.15) is 46.1 Å². The molecule has 1 aliphatic carbocycles. The molecule has 25 heavy (non-hydrogen) atoms. The number of hydrogen-bond donors (Lipinski definition) is 0. The SMILES string of the molecule is Cc1ccc2c(oc3ncccc32)c1N1C(C)C2(C)CC1(C)CC2C. The highest BCUT2D eigenvalue weighted by Gasteiger charge is 2.62. The smallest absolute Gasteiger partial charge is 0.227 e. The molecule has 130 valence electrons. The third-order valence-corrected chi connectivity index (χ3v) is 7.39. The van der Waals surface area contributed by atoms with E-state index < -0.39 is 0 Å². The summed E-state index contributed by atoms with van der Waals surface area (Å²) in [6, 6.07) is 9.03. The van der Waals surface area contributed by atoms with Crippen LogP contribution in [0.4, 0.5) is 5.69 Å². The largest absolute Gasteiger partial charge is 0.436 e. The molecule has 4 atom stereocenters. The Balaban J connectivity index is 1.80. The number of furan rings is 1. The quantitative estimate of drug-likeness (QED) is 0.572. The summed E-state index contributed by atoms with van der Waals surface area (Å²) in [7, 11) is 0. The molecule has 1 aliphatic heterocycles. The lowest BCUT2D eigenvalue weighted by Crippen LogP contribution is -2.51. The number of rotatable bonds is 1. The second kappa shape index (κ2) is 4.57. The molecule has 2 aliphatic rings. The molecule has 1 saturated heterocycles. The Bertz CT molecular complexity index is 1010. The molecule has 3 heterocycles. The van der Waals surface area contributed by atoms with Gasteiger partial charge < -0.3 is 9.32 Å². The molecular weight excluding hydrogens is 308 g/mol. The molecule has 0 amide bonds. The van der Waals surface area contributed by atoms with Gasteiger partial charge in [0.05, 0.1) is 5.69 Å². The van der Waals surface area contributed by atoms with Gasteiger partial charge in [0.25, 0.3) is 0 Å². The van der Waals surface area contributed by atoms with Crippen LogP contribution in [-0.2, 0) is 0 Å². The Labute approximate surface area is 149 Å². The lowest BCUT2D eigenvalue weighted by atomic mass is 9.75. The molecule has 0 N–H and O–H groups in total. The summed E-state index contributed by atoms with van der Waals surface area (Å²) in [4.78, 5) is 7.11. The first kappa shape index (κ1) is 15.2. The fourth-order valence-electron chi connectivity index (χ4n) is 5.99. The van der Waals surface area contributed by atoms with Gasteiger partial charge in [-0.15, -0.1) is 0 Å². The second-order valence-electron chi connectivity index (χ2n) is 8.90. The monoisotopic (exact) mass is 334 g/mol. The van der Waals surface area contributed by atoms with Crippen molar-refractivity contribution in [2.75, 3.05) is 4.90 Å². The second-order valence-corrected chi connectivity index (χ2v) is 8.90. The number of nitrogens with zero attached hydrogens (tertiary/aromatic N) is 2. The van der Waals surface area contributed by atoms with Gasteiger partial charge in [0.2, 0.25) is 5.71 Å². The summed E-state index contributed by atoms with van der Waals surface area (Å²) in [5.74, 6) is 0.764. The van der Waals surface area contributed by atoms with E-state index in [9.17, 15) is 0 Å². The minimum absolute atomic E-state index is 0.207. The van der Waals surface area contributed by atoms with E-state index in [0.717, 1.165) is 22.6 Å². The van der Waals surface area contributed by atoms with Gasteiger partial charge in [-0.3, -0.25) is 0 Å². The van der Waals surface area contributed by atoms with E-state index in [1.54, 1.807) is 0 Å². The summed E-state index contributed by atoms with van der Waals surface area (Å²) < 4.78 is 6.28.